The van der Waals surface area contributed by atoms with E-state index in [0.717, 1.165) is 25.9 Å². The maximum atomic E-state index is 11.6. The molecule has 0 unspecified atom stereocenters. The average Bonchev–Trinajstić information content (AvgIpc) is 2.96. The van der Waals surface area contributed by atoms with Crippen molar-refractivity contribution in [1.82, 2.24) is 14.9 Å². The van der Waals surface area contributed by atoms with Crippen LogP contribution in [0.4, 0.5) is 5.69 Å². The molecule has 1 aliphatic rings. The molecule has 0 aliphatic carbocycles. The molecule has 0 amide bonds. The Hall–Kier alpha value is -2.48. The minimum atomic E-state index is -0.808. The first kappa shape index (κ1) is 14.5. The minimum Gasteiger partial charge on any atom is -0.316 e. The van der Waals surface area contributed by atoms with Gasteiger partial charge in [0.25, 0.3) is 5.69 Å². The highest BCUT2D eigenvalue weighted by atomic mass is 16.6. The largest absolute Gasteiger partial charge is 0.316 e. The van der Waals surface area contributed by atoms with E-state index in [1.54, 1.807) is 6.92 Å². The number of hydrogen-bond acceptors (Lipinski definition) is 5. The molecule has 3 rings (SSSR count). The van der Waals surface area contributed by atoms with Crippen molar-refractivity contribution in [3.05, 3.63) is 48.0 Å². The lowest BCUT2D eigenvalue weighted by atomic mass is 10.0. The second-order valence-electron chi connectivity index (χ2n) is 5.57. The van der Waals surface area contributed by atoms with Crippen LogP contribution in [0.25, 0.3) is 11.0 Å². The average molecular weight is 304 g/mol. The molecule has 1 aromatic heterocycles. The zero-order valence-corrected chi connectivity index (χ0v) is 12.1. The third-order valence-corrected chi connectivity index (χ3v) is 4.16. The molecule has 22 heavy (non-hydrogen) atoms. The predicted octanol–water partition coefficient (Wildman–Crippen LogP) is 1.03. The zero-order chi connectivity index (χ0) is 15.9. The summed E-state index contributed by atoms with van der Waals surface area (Å²) < 4.78 is 0. The van der Waals surface area contributed by atoms with Crippen molar-refractivity contribution in [2.75, 3.05) is 13.1 Å². The summed E-state index contributed by atoms with van der Waals surface area (Å²) in [7, 11) is 0. The van der Waals surface area contributed by atoms with Crippen LogP contribution in [0.15, 0.2) is 15.7 Å². The van der Waals surface area contributed by atoms with Crippen molar-refractivity contribution in [2.45, 2.75) is 26.3 Å². The highest BCUT2D eigenvalue weighted by molar-refractivity contribution is 5.82. The van der Waals surface area contributed by atoms with E-state index in [1.807, 2.05) is 0 Å². The fourth-order valence-corrected chi connectivity index (χ4v) is 2.96. The van der Waals surface area contributed by atoms with E-state index in [1.165, 1.54) is 6.07 Å². The van der Waals surface area contributed by atoms with Crippen LogP contribution in [0, 0.1) is 17.0 Å². The molecule has 1 saturated heterocycles. The van der Waals surface area contributed by atoms with Gasteiger partial charge in [0.2, 0.25) is 0 Å². The molecule has 0 radical (unpaired) electrons. The first-order valence-corrected chi connectivity index (χ1v) is 7.13. The number of nitro groups is 1. The molecule has 1 fully saturated rings. The Labute approximate surface area is 124 Å². The molecular formula is C14H16N4O4. The Morgan fingerprint density at radius 3 is 2.50 bits per heavy atom. The lowest BCUT2D eigenvalue weighted by molar-refractivity contribution is -0.385. The van der Waals surface area contributed by atoms with E-state index in [4.69, 9.17) is 0 Å². The van der Waals surface area contributed by atoms with Crippen molar-refractivity contribution in [1.29, 1.82) is 0 Å². The second kappa shape index (κ2) is 5.38. The maximum absolute atomic E-state index is 11.6. The predicted molar refractivity (Wildman–Crippen MR) is 81.1 cm³/mol. The number of H-pyrrole nitrogens is 2. The topological polar surface area (TPSA) is 112 Å². The van der Waals surface area contributed by atoms with Gasteiger partial charge in [-0.3, -0.25) is 24.6 Å². The molecule has 8 nitrogen and oxygen atoms in total. The van der Waals surface area contributed by atoms with Gasteiger partial charge in [0.05, 0.1) is 16.0 Å². The first-order chi connectivity index (χ1) is 10.5. The van der Waals surface area contributed by atoms with E-state index in [-0.39, 0.29) is 11.2 Å². The molecule has 2 aromatic rings. The van der Waals surface area contributed by atoms with Gasteiger partial charge < -0.3 is 9.97 Å². The number of nitrogens with zero attached hydrogens (tertiary/aromatic N) is 2. The van der Waals surface area contributed by atoms with Crippen LogP contribution in [0.2, 0.25) is 0 Å². The third-order valence-electron chi connectivity index (χ3n) is 4.16. The molecule has 116 valence electrons. The van der Waals surface area contributed by atoms with Crippen molar-refractivity contribution < 1.29 is 4.92 Å². The Bertz CT molecular complexity index is 861. The molecule has 1 aromatic carbocycles. The van der Waals surface area contributed by atoms with E-state index >= 15 is 0 Å². The molecule has 2 heterocycles. The number of rotatable bonds is 3. The number of nitrogens with one attached hydrogen (secondary N) is 2. The summed E-state index contributed by atoms with van der Waals surface area (Å²) in [5.74, 6) is 0. The van der Waals surface area contributed by atoms with Gasteiger partial charge in [-0.2, -0.15) is 0 Å². The molecule has 2 N–H and O–H groups in total. The summed E-state index contributed by atoms with van der Waals surface area (Å²) in [5.41, 5.74) is 0.368. The Kier molecular flexibility index (Phi) is 3.53. The van der Waals surface area contributed by atoms with Crippen molar-refractivity contribution in [3.63, 3.8) is 0 Å². The van der Waals surface area contributed by atoms with Gasteiger partial charge in [-0.25, -0.2) is 0 Å². The van der Waals surface area contributed by atoms with Crippen LogP contribution in [0.5, 0.6) is 0 Å². The lowest BCUT2D eigenvalue weighted by Crippen LogP contribution is -2.30. The van der Waals surface area contributed by atoms with Crippen molar-refractivity contribution >= 4 is 16.7 Å². The molecule has 0 saturated carbocycles. The lowest BCUT2D eigenvalue weighted by Gasteiger charge is -2.17. The summed E-state index contributed by atoms with van der Waals surface area (Å²) in [4.78, 5) is 41.0. The van der Waals surface area contributed by atoms with Gasteiger partial charge in [-0.15, -0.1) is 0 Å². The molecule has 8 heteroatoms. The van der Waals surface area contributed by atoms with Gasteiger partial charge in [0, 0.05) is 23.7 Å². The van der Waals surface area contributed by atoms with E-state index < -0.39 is 16.0 Å². The first-order valence-electron chi connectivity index (χ1n) is 7.13. The summed E-state index contributed by atoms with van der Waals surface area (Å²) >= 11 is 0. The highest BCUT2D eigenvalue weighted by Gasteiger charge is 2.22. The van der Waals surface area contributed by atoms with Crippen LogP contribution in [0.1, 0.15) is 24.0 Å². The van der Waals surface area contributed by atoms with Crippen LogP contribution in [-0.2, 0) is 6.54 Å². The van der Waals surface area contributed by atoms with Crippen molar-refractivity contribution in [3.8, 4) is 0 Å². The van der Waals surface area contributed by atoms with E-state index in [9.17, 15) is 19.7 Å². The summed E-state index contributed by atoms with van der Waals surface area (Å²) in [5, 5.41) is 11.2. The van der Waals surface area contributed by atoms with Gasteiger partial charge in [-0.05, 0) is 32.9 Å². The fraction of sp³-hybridized carbons (Fsp3) is 0.429. The molecule has 0 atom stereocenters. The summed E-state index contributed by atoms with van der Waals surface area (Å²) in [6.45, 7) is 4.05. The minimum absolute atomic E-state index is 0.0515. The van der Waals surface area contributed by atoms with Gasteiger partial charge in [-0.1, -0.05) is 0 Å². The quantitative estimate of drug-likeness (QED) is 0.499. The van der Waals surface area contributed by atoms with Gasteiger partial charge in [0.1, 0.15) is 0 Å². The fourth-order valence-electron chi connectivity index (χ4n) is 2.96. The van der Waals surface area contributed by atoms with Crippen LogP contribution < -0.4 is 11.1 Å². The SMILES string of the molecule is Cc1c([N+](=O)[O-])cc2[nH]c(=O)c(=O)[nH]c2c1CN1CCCC1. The number of aromatic amines is 2. The van der Waals surface area contributed by atoms with Crippen LogP contribution >= 0.6 is 0 Å². The third kappa shape index (κ3) is 2.41. The standard InChI is InChI=1S/C14H16N4O4/c1-8-9(7-17-4-2-3-5-17)12-10(6-11(8)18(21)22)15-13(19)14(20)16-12/h6H,2-5,7H2,1H3,(H,15,19)(H,16,20). The molecule has 0 bridgehead atoms. The Morgan fingerprint density at radius 2 is 1.86 bits per heavy atom. The van der Waals surface area contributed by atoms with Gasteiger partial charge in [0.15, 0.2) is 0 Å². The highest BCUT2D eigenvalue weighted by Crippen LogP contribution is 2.29. The number of hydrogen-bond donors (Lipinski definition) is 2. The second-order valence-corrected chi connectivity index (χ2v) is 5.57. The Balaban J connectivity index is 2.26. The van der Waals surface area contributed by atoms with E-state index in [2.05, 4.69) is 14.9 Å². The Morgan fingerprint density at radius 1 is 1.23 bits per heavy atom. The van der Waals surface area contributed by atoms with Crippen LogP contribution in [-0.4, -0.2) is 32.9 Å². The normalized spacial score (nSPS) is 15.5. The number of aromatic nitrogens is 2. The maximum Gasteiger partial charge on any atom is 0.314 e. The molecule has 0 spiro atoms. The monoisotopic (exact) mass is 304 g/mol. The number of fused-ring (bicyclic) bond motifs is 1. The van der Waals surface area contributed by atoms with Gasteiger partial charge >= 0.3 is 11.1 Å². The zero-order valence-electron chi connectivity index (χ0n) is 12.1. The number of nitro benzene ring substituents is 1. The summed E-state index contributed by atoms with van der Waals surface area (Å²) in [6, 6.07) is 1.30. The summed E-state index contributed by atoms with van der Waals surface area (Å²) in [6.07, 6.45) is 2.19. The molecular weight excluding hydrogens is 288 g/mol. The number of benzene rings is 1. The molecule has 1 aliphatic heterocycles. The van der Waals surface area contributed by atoms with Crippen molar-refractivity contribution in [2.24, 2.45) is 0 Å². The van der Waals surface area contributed by atoms with Crippen LogP contribution in [0.3, 0.4) is 0 Å². The number of likely N-dealkylation sites (tertiary alicyclic amines) is 1. The smallest absolute Gasteiger partial charge is 0.314 e. The van der Waals surface area contributed by atoms with E-state index in [0.29, 0.717) is 23.2 Å².